The molecule has 2 aromatic carbocycles. The second-order valence-electron chi connectivity index (χ2n) is 7.09. The molecule has 1 aliphatic heterocycles. The summed E-state index contributed by atoms with van der Waals surface area (Å²) in [5.74, 6) is -0.392. The molecule has 7 nitrogen and oxygen atoms in total. The third-order valence-corrected chi connectivity index (χ3v) is 5.47. The maximum absolute atomic E-state index is 12.9. The zero-order valence-electron chi connectivity index (χ0n) is 16.6. The number of nitrogens with zero attached hydrogens (tertiary/aromatic N) is 2. The highest BCUT2D eigenvalue weighted by Gasteiger charge is 2.25. The third-order valence-electron chi connectivity index (χ3n) is 5.04. The van der Waals surface area contributed by atoms with E-state index in [1.807, 2.05) is 18.2 Å². The van der Waals surface area contributed by atoms with E-state index in [0.29, 0.717) is 47.7 Å². The molecule has 0 radical (unpaired) electrons. The van der Waals surface area contributed by atoms with Crippen molar-refractivity contribution in [3.05, 3.63) is 88.3 Å². The quantitative estimate of drug-likeness (QED) is 0.612. The number of anilines is 1. The Morgan fingerprint density at radius 1 is 0.774 bits per heavy atom. The SMILES string of the molecule is O=C(Nc1cccc(C(=O)N2CCN(C(=O)c3ccccc3)CC2)c1)c1ccc(Br)o1. The van der Waals surface area contributed by atoms with E-state index in [9.17, 15) is 14.4 Å². The number of benzene rings is 2. The molecule has 0 unspecified atom stereocenters. The van der Waals surface area contributed by atoms with Crippen LogP contribution in [0.3, 0.4) is 0 Å². The monoisotopic (exact) mass is 481 g/mol. The Kier molecular flexibility index (Phi) is 6.18. The van der Waals surface area contributed by atoms with E-state index in [-0.39, 0.29) is 17.6 Å². The van der Waals surface area contributed by atoms with E-state index in [1.54, 1.807) is 58.3 Å². The second-order valence-corrected chi connectivity index (χ2v) is 7.87. The zero-order chi connectivity index (χ0) is 21.8. The summed E-state index contributed by atoms with van der Waals surface area (Å²) in [4.78, 5) is 41.3. The van der Waals surface area contributed by atoms with Gasteiger partial charge in [0.25, 0.3) is 17.7 Å². The number of halogens is 1. The highest BCUT2D eigenvalue weighted by molar-refractivity contribution is 9.10. The molecule has 1 N–H and O–H groups in total. The molecule has 0 spiro atoms. The Morgan fingerprint density at radius 3 is 2.00 bits per heavy atom. The van der Waals surface area contributed by atoms with Crippen LogP contribution in [0.15, 0.2) is 75.8 Å². The van der Waals surface area contributed by atoms with Crippen molar-refractivity contribution in [1.82, 2.24) is 9.80 Å². The van der Waals surface area contributed by atoms with Gasteiger partial charge in [0.05, 0.1) is 0 Å². The van der Waals surface area contributed by atoms with Crippen LogP contribution in [-0.4, -0.2) is 53.7 Å². The van der Waals surface area contributed by atoms with Crippen LogP contribution >= 0.6 is 15.9 Å². The lowest BCUT2D eigenvalue weighted by Gasteiger charge is -2.35. The summed E-state index contributed by atoms with van der Waals surface area (Å²) >= 11 is 3.17. The topological polar surface area (TPSA) is 82.9 Å². The van der Waals surface area contributed by atoms with Gasteiger partial charge in [-0.1, -0.05) is 24.3 Å². The first-order valence-corrected chi connectivity index (χ1v) is 10.6. The molecule has 8 heteroatoms. The number of carbonyl (C=O) groups is 3. The molecule has 4 rings (SSSR count). The van der Waals surface area contributed by atoms with E-state index in [1.165, 1.54) is 0 Å². The molecule has 158 valence electrons. The minimum absolute atomic E-state index is 0.0260. The summed E-state index contributed by atoms with van der Waals surface area (Å²) in [6.45, 7) is 1.86. The minimum Gasteiger partial charge on any atom is -0.444 e. The fraction of sp³-hybridized carbons (Fsp3) is 0.174. The van der Waals surface area contributed by atoms with Gasteiger partial charge in [-0.05, 0) is 58.4 Å². The number of nitrogens with one attached hydrogen (secondary N) is 1. The molecule has 3 aromatic rings. The molecule has 1 aliphatic rings. The van der Waals surface area contributed by atoms with Gasteiger partial charge in [0, 0.05) is 43.0 Å². The number of hydrogen-bond donors (Lipinski definition) is 1. The average Bonchev–Trinajstić information content (AvgIpc) is 3.25. The number of hydrogen-bond acceptors (Lipinski definition) is 4. The van der Waals surface area contributed by atoms with Gasteiger partial charge >= 0.3 is 0 Å². The van der Waals surface area contributed by atoms with E-state index in [0.717, 1.165) is 0 Å². The van der Waals surface area contributed by atoms with Crippen molar-refractivity contribution in [2.45, 2.75) is 0 Å². The second kappa shape index (κ2) is 9.18. The number of amides is 3. The lowest BCUT2D eigenvalue weighted by atomic mass is 10.1. The summed E-state index contributed by atoms with van der Waals surface area (Å²) in [5, 5.41) is 2.73. The standard InChI is InChI=1S/C23H20BrN3O4/c24-20-10-9-19(31-20)21(28)25-18-8-4-7-17(15-18)23(30)27-13-11-26(12-14-27)22(29)16-5-2-1-3-6-16/h1-10,15H,11-14H2,(H,25,28). The Labute approximate surface area is 187 Å². The van der Waals surface area contributed by atoms with Crippen molar-refractivity contribution in [2.24, 2.45) is 0 Å². The van der Waals surface area contributed by atoms with Gasteiger partial charge in [0.2, 0.25) is 0 Å². The maximum Gasteiger partial charge on any atom is 0.291 e. The largest absolute Gasteiger partial charge is 0.444 e. The van der Waals surface area contributed by atoms with Gasteiger partial charge in [-0.2, -0.15) is 0 Å². The summed E-state index contributed by atoms with van der Waals surface area (Å²) in [5.41, 5.74) is 1.62. The molecule has 1 fully saturated rings. The van der Waals surface area contributed by atoms with Crippen molar-refractivity contribution in [2.75, 3.05) is 31.5 Å². The minimum atomic E-state index is -0.400. The molecule has 0 aliphatic carbocycles. The summed E-state index contributed by atoms with van der Waals surface area (Å²) in [6.07, 6.45) is 0. The molecule has 0 atom stereocenters. The zero-order valence-corrected chi connectivity index (χ0v) is 18.2. The van der Waals surface area contributed by atoms with Gasteiger partial charge in [0.15, 0.2) is 10.4 Å². The molecule has 1 saturated heterocycles. The molecule has 1 aromatic heterocycles. The van der Waals surface area contributed by atoms with Crippen molar-refractivity contribution in [1.29, 1.82) is 0 Å². The molecule has 31 heavy (non-hydrogen) atoms. The summed E-state index contributed by atoms with van der Waals surface area (Å²) < 4.78 is 5.71. The number of rotatable bonds is 4. The van der Waals surface area contributed by atoms with E-state index in [2.05, 4.69) is 21.2 Å². The average molecular weight is 482 g/mol. The predicted molar refractivity (Wildman–Crippen MR) is 119 cm³/mol. The van der Waals surface area contributed by atoms with Crippen LogP contribution < -0.4 is 5.32 Å². The van der Waals surface area contributed by atoms with Gasteiger partial charge in [-0.25, -0.2) is 0 Å². The number of piperazine rings is 1. The first kappa shape index (κ1) is 20.9. The fourth-order valence-electron chi connectivity index (χ4n) is 3.42. The molecule has 3 amide bonds. The highest BCUT2D eigenvalue weighted by atomic mass is 79.9. The van der Waals surface area contributed by atoms with Crippen LogP contribution in [0, 0.1) is 0 Å². The number of furan rings is 1. The fourth-order valence-corrected chi connectivity index (χ4v) is 3.72. The van der Waals surface area contributed by atoms with E-state index in [4.69, 9.17) is 4.42 Å². The number of carbonyl (C=O) groups excluding carboxylic acids is 3. The first-order chi connectivity index (χ1) is 15.0. The van der Waals surface area contributed by atoms with Crippen LogP contribution in [-0.2, 0) is 0 Å². The van der Waals surface area contributed by atoms with Crippen molar-refractivity contribution < 1.29 is 18.8 Å². The third kappa shape index (κ3) is 4.86. The van der Waals surface area contributed by atoms with Gasteiger partial charge < -0.3 is 19.5 Å². The van der Waals surface area contributed by atoms with Crippen LogP contribution in [0.2, 0.25) is 0 Å². The Hall–Kier alpha value is -3.39. The maximum atomic E-state index is 12.9. The van der Waals surface area contributed by atoms with Crippen LogP contribution in [0.5, 0.6) is 0 Å². The Morgan fingerprint density at radius 2 is 1.39 bits per heavy atom. The Balaban J connectivity index is 1.37. The van der Waals surface area contributed by atoms with E-state index < -0.39 is 5.91 Å². The van der Waals surface area contributed by atoms with Crippen molar-refractivity contribution >= 4 is 39.3 Å². The van der Waals surface area contributed by atoms with Gasteiger partial charge in [-0.3, -0.25) is 14.4 Å². The van der Waals surface area contributed by atoms with E-state index >= 15 is 0 Å². The van der Waals surface area contributed by atoms with Gasteiger partial charge in [-0.15, -0.1) is 0 Å². The molecular weight excluding hydrogens is 462 g/mol. The molecular formula is C23H20BrN3O4. The predicted octanol–water partition coefficient (Wildman–Crippen LogP) is 3.89. The molecule has 2 heterocycles. The highest BCUT2D eigenvalue weighted by Crippen LogP contribution is 2.18. The molecule has 0 bridgehead atoms. The summed E-state index contributed by atoms with van der Waals surface area (Å²) in [6, 6.07) is 19.1. The smallest absolute Gasteiger partial charge is 0.291 e. The molecule has 0 saturated carbocycles. The lowest BCUT2D eigenvalue weighted by Crippen LogP contribution is -2.50. The van der Waals surface area contributed by atoms with Crippen LogP contribution in [0.1, 0.15) is 31.3 Å². The first-order valence-electron chi connectivity index (χ1n) is 9.81. The van der Waals surface area contributed by atoms with Crippen molar-refractivity contribution in [3.63, 3.8) is 0 Å². The normalized spacial score (nSPS) is 13.7. The van der Waals surface area contributed by atoms with Crippen LogP contribution in [0.4, 0.5) is 5.69 Å². The Bertz CT molecular complexity index is 1100. The van der Waals surface area contributed by atoms with Crippen LogP contribution in [0.25, 0.3) is 0 Å². The van der Waals surface area contributed by atoms with Gasteiger partial charge in [0.1, 0.15) is 0 Å². The van der Waals surface area contributed by atoms with Crippen molar-refractivity contribution in [3.8, 4) is 0 Å². The summed E-state index contributed by atoms with van der Waals surface area (Å²) in [7, 11) is 0. The lowest BCUT2D eigenvalue weighted by molar-refractivity contribution is 0.0535.